The summed E-state index contributed by atoms with van der Waals surface area (Å²) in [5.74, 6) is -1.02. The number of hydrogen-bond acceptors (Lipinski definition) is 5. The van der Waals surface area contributed by atoms with Crippen molar-refractivity contribution in [3.8, 4) is 0 Å². The van der Waals surface area contributed by atoms with Crippen molar-refractivity contribution in [1.82, 2.24) is 5.32 Å². The molecule has 0 aliphatic carbocycles. The van der Waals surface area contributed by atoms with Crippen molar-refractivity contribution < 1.29 is 19.8 Å². The van der Waals surface area contributed by atoms with Gasteiger partial charge in [0, 0.05) is 15.5 Å². The van der Waals surface area contributed by atoms with Gasteiger partial charge in [-0.05, 0) is 30.5 Å². The van der Waals surface area contributed by atoms with E-state index in [2.05, 4.69) is 5.32 Å². The molecule has 7 heteroatoms. The largest absolute Gasteiger partial charge is 0.479 e. The van der Waals surface area contributed by atoms with Crippen LogP contribution in [0.4, 0.5) is 0 Å². The number of carboxylic acid groups (broad SMARTS) is 1. The van der Waals surface area contributed by atoms with E-state index < -0.39 is 17.5 Å². The van der Waals surface area contributed by atoms with Crippen LogP contribution in [0.2, 0.25) is 0 Å². The van der Waals surface area contributed by atoms with Gasteiger partial charge in [0.25, 0.3) is 5.91 Å². The van der Waals surface area contributed by atoms with Gasteiger partial charge in [0.15, 0.2) is 5.60 Å². The average molecular weight is 351 g/mol. The molecule has 2 aromatic rings. The number of amides is 1. The molecule has 1 unspecified atom stereocenters. The zero-order valence-electron chi connectivity index (χ0n) is 12.5. The number of aliphatic carboxylic acids is 1. The maximum atomic E-state index is 12.3. The molecule has 0 bridgehead atoms. The minimum atomic E-state index is -1.99. The first-order valence-corrected chi connectivity index (χ1v) is 8.75. The van der Waals surface area contributed by atoms with E-state index in [1.165, 1.54) is 4.88 Å². The summed E-state index contributed by atoms with van der Waals surface area (Å²) in [6.07, 6.45) is 0. The number of aliphatic hydroxyl groups is 1. The van der Waals surface area contributed by atoms with Crippen LogP contribution in [0.3, 0.4) is 0 Å². The molecule has 23 heavy (non-hydrogen) atoms. The summed E-state index contributed by atoms with van der Waals surface area (Å²) in [6, 6.07) is 11.1. The second-order valence-corrected chi connectivity index (χ2v) is 7.18. The van der Waals surface area contributed by atoms with E-state index in [1.807, 2.05) is 29.6 Å². The van der Waals surface area contributed by atoms with Gasteiger partial charge in [0.2, 0.25) is 0 Å². The fourth-order valence-electron chi connectivity index (χ4n) is 1.75. The predicted octanol–water partition coefficient (Wildman–Crippen LogP) is 2.61. The number of thiophene rings is 1. The van der Waals surface area contributed by atoms with E-state index in [1.54, 1.807) is 35.2 Å². The van der Waals surface area contributed by atoms with Crippen molar-refractivity contribution in [2.45, 2.75) is 23.2 Å². The molecule has 0 spiro atoms. The Labute approximate surface area is 142 Å². The van der Waals surface area contributed by atoms with Gasteiger partial charge < -0.3 is 15.5 Å². The Kier molecular flexibility index (Phi) is 5.81. The van der Waals surface area contributed by atoms with Crippen molar-refractivity contribution in [1.29, 1.82) is 0 Å². The smallest absolute Gasteiger partial charge is 0.337 e. The summed E-state index contributed by atoms with van der Waals surface area (Å²) in [5, 5.41) is 23.0. The molecule has 2 rings (SSSR count). The number of benzene rings is 1. The topological polar surface area (TPSA) is 86.6 Å². The third-order valence-corrected chi connectivity index (χ3v) is 5.32. The Hall–Kier alpha value is -1.83. The highest BCUT2D eigenvalue weighted by molar-refractivity contribution is 7.98. The number of carbonyl (C=O) groups is 2. The normalized spacial score (nSPS) is 13.3. The van der Waals surface area contributed by atoms with Crippen LogP contribution in [0.1, 0.15) is 22.2 Å². The predicted molar refractivity (Wildman–Crippen MR) is 90.9 cm³/mol. The molecule has 0 saturated heterocycles. The molecule has 0 radical (unpaired) electrons. The van der Waals surface area contributed by atoms with Crippen molar-refractivity contribution >= 4 is 35.0 Å². The van der Waals surface area contributed by atoms with Gasteiger partial charge in [-0.15, -0.1) is 23.1 Å². The van der Waals surface area contributed by atoms with Gasteiger partial charge in [0.1, 0.15) is 0 Å². The average Bonchev–Trinajstić information content (AvgIpc) is 3.04. The first kappa shape index (κ1) is 17.5. The lowest BCUT2D eigenvalue weighted by atomic mass is 10.1. The molecular formula is C16H17NO4S2. The number of hydrogen-bond donors (Lipinski definition) is 3. The molecule has 0 aliphatic heterocycles. The molecule has 1 aromatic heterocycles. The summed E-state index contributed by atoms with van der Waals surface area (Å²) < 4.78 is 0. The van der Waals surface area contributed by atoms with Crippen LogP contribution in [-0.4, -0.2) is 34.2 Å². The first-order valence-electron chi connectivity index (χ1n) is 6.88. The summed E-state index contributed by atoms with van der Waals surface area (Å²) in [6.45, 7) is 0.790. The third kappa shape index (κ3) is 4.82. The van der Waals surface area contributed by atoms with Gasteiger partial charge in [0.05, 0.1) is 12.1 Å². The number of thioether (sulfide) groups is 1. The van der Waals surface area contributed by atoms with Gasteiger partial charge in [-0.3, -0.25) is 4.79 Å². The Morgan fingerprint density at radius 1 is 1.26 bits per heavy atom. The van der Waals surface area contributed by atoms with E-state index in [0.29, 0.717) is 5.56 Å². The van der Waals surface area contributed by atoms with Gasteiger partial charge in [-0.2, -0.15) is 0 Å². The zero-order valence-corrected chi connectivity index (χ0v) is 14.1. The Balaban J connectivity index is 2.04. The summed E-state index contributed by atoms with van der Waals surface area (Å²) >= 11 is 3.20. The second-order valence-electron chi connectivity index (χ2n) is 5.13. The van der Waals surface area contributed by atoms with E-state index in [-0.39, 0.29) is 6.54 Å². The summed E-state index contributed by atoms with van der Waals surface area (Å²) in [4.78, 5) is 25.2. The van der Waals surface area contributed by atoms with Crippen LogP contribution < -0.4 is 5.32 Å². The third-order valence-electron chi connectivity index (χ3n) is 3.14. The van der Waals surface area contributed by atoms with Gasteiger partial charge in [-0.1, -0.05) is 18.2 Å². The highest BCUT2D eigenvalue weighted by Crippen LogP contribution is 2.27. The van der Waals surface area contributed by atoms with Crippen molar-refractivity contribution in [2.75, 3.05) is 6.54 Å². The Bertz CT molecular complexity index is 683. The lowest BCUT2D eigenvalue weighted by Crippen LogP contribution is -2.46. The van der Waals surface area contributed by atoms with Crippen LogP contribution in [-0.2, 0) is 10.5 Å². The van der Waals surface area contributed by atoms with Crippen LogP contribution in [0.5, 0.6) is 0 Å². The first-order chi connectivity index (χ1) is 10.9. The number of carbonyl (C=O) groups excluding carboxylic acids is 1. The van der Waals surface area contributed by atoms with Crippen LogP contribution >= 0.6 is 23.1 Å². The molecule has 3 N–H and O–H groups in total. The maximum Gasteiger partial charge on any atom is 0.337 e. The lowest BCUT2D eigenvalue weighted by molar-refractivity contribution is -0.155. The summed E-state index contributed by atoms with van der Waals surface area (Å²) in [7, 11) is 0. The highest BCUT2D eigenvalue weighted by Gasteiger charge is 2.30. The van der Waals surface area contributed by atoms with Crippen molar-refractivity contribution in [3.63, 3.8) is 0 Å². The van der Waals surface area contributed by atoms with Crippen molar-refractivity contribution in [2.24, 2.45) is 0 Å². The van der Waals surface area contributed by atoms with Crippen LogP contribution in [0.15, 0.2) is 46.7 Å². The standard InChI is InChI=1S/C16H17NO4S2/c1-16(21,15(19)20)10-17-14(18)12-6-2-3-7-13(12)23-9-11-5-4-8-22-11/h2-8,21H,9-10H2,1H3,(H,17,18)(H,19,20). The maximum absolute atomic E-state index is 12.3. The Morgan fingerprint density at radius 3 is 2.65 bits per heavy atom. The van der Waals surface area contributed by atoms with E-state index in [9.17, 15) is 14.7 Å². The molecule has 0 saturated carbocycles. The lowest BCUT2D eigenvalue weighted by Gasteiger charge is -2.18. The van der Waals surface area contributed by atoms with Crippen LogP contribution in [0, 0.1) is 0 Å². The van der Waals surface area contributed by atoms with Gasteiger partial charge in [-0.25, -0.2) is 4.79 Å². The minimum absolute atomic E-state index is 0.356. The molecule has 5 nitrogen and oxygen atoms in total. The van der Waals surface area contributed by atoms with Gasteiger partial charge >= 0.3 is 5.97 Å². The molecule has 122 valence electrons. The van der Waals surface area contributed by atoms with E-state index in [0.717, 1.165) is 17.6 Å². The number of nitrogens with one attached hydrogen (secondary N) is 1. The highest BCUT2D eigenvalue weighted by atomic mass is 32.2. The molecule has 1 aromatic carbocycles. The molecule has 0 fully saturated rings. The molecule has 1 heterocycles. The van der Waals surface area contributed by atoms with E-state index in [4.69, 9.17) is 5.11 Å². The molecule has 1 atom stereocenters. The zero-order chi connectivity index (χ0) is 16.9. The molecule has 0 aliphatic rings. The van der Waals surface area contributed by atoms with Crippen molar-refractivity contribution in [3.05, 3.63) is 52.2 Å². The SMILES string of the molecule is CC(O)(CNC(=O)c1ccccc1SCc1cccs1)C(=O)O. The summed E-state index contributed by atoms with van der Waals surface area (Å²) in [5.41, 5.74) is -1.52. The fraction of sp³-hybridized carbons (Fsp3) is 0.250. The Morgan fingerprint density at radius 2 is 2.00 bits per heavy atom. The number of rotatable bonds is 7. The quantitative estimate of drug-likeness (QED) is 0.668. The monoisotopic (exact) mass is 351 g/mol. The molecule has 1 amide bonds. The fourth-order valence-corrected chi connectivity index (χ4v) is 3.57. The molecular weight excluding hydrogens is 334 g/mol. The minimum Gasteiger partial charge on any atom is -0.479 e. The van der Waals surface area contributed by atoms with Crippen LogP contribution in [0.25, 0.3) is 0 Å². The second kappa shape index (κ2) is 7.63. The van der Waals surface area contributed by atoms with E-state index >= 15 is 0 Å². The number of carboxylic acids is 1.